The summed E-state index contributed by atoms with van der Waals surface area (Å²) in [5.41, 5.74) is 3.62. The highest BCUT2D eigenvalue weighted by molar-refractivity contribution is 5.85. The molecule has 0 spiro atoms. The van der Waals surface area contributed by atoms with E-state index in [9.17, 15) is 0 Å². The summed E-state index contributed by atoms with van der Waals surface area (Å²) in [5.74, 6) is 1.03. The van der Waals surface area contributed by atoms with Gasteiger partial charge in [0, 0.05) is 17.0 Å². The minimum Gasteiger partial charge on any atom is -0.461 e. The first kappa shape index (κ1) is 16.1. The number of hydrogen-bond donors (Lipinski definition) is 0. The van der Waals surface area contributed by atoms with Gasteiger partial charge in [-0.25, -0.2) is 0 Å². The lowest BCUT2D eigenvalue weighted by atomic mass is 10.0. The molecule has 0 N–H and O–H groups in total. The van der Waals surface area contributed by atoms with Crippen molar-refractivity contribution in [3.8, 4) is 0 Å². The van der Waals surface area contributed by atoms with Crippen LogP contribution in [0.3, 0.4) is 0 Å². The fourth-order valence-corrected chi connectivity index (χ4v) is 2.68. The molecule has 2 aromatic rings. The van der Waals surface area contributed by atoms with Crippen molar-refractivity contribution < 1.29 is 4.42 Å². The summed E-state index contributed by atoms with van der Waals surface area (Å²) in [6, 6.07) is 6.88. The van der Waals surface area contributed by atoms with Gasteiger partial charge in [-0.3, -0.25) is 4.90 Å². The average molecular weight is 282 g/mol. The van der Waals surface area contributed by atoms with Gasteiger partial charge in [-0.05, 0) is 39.4 Å². The molecular formula is C16H24ClNO. The zero-order valence-corrected chi connectivity index (χ0v) is 13.3. The third kappa shape index (κ3) is 2.80. The molecule has 3 heteroatoms. The molecule has 1 atom stereocenters. The predicted octanol–water partition coefficient (Wildman–Crippen LogP) is 4.87. The molecule has 106 valence electrons. The van der Waals surface area contributed by atoms with E-state index >= 15 is 0 Å². The number of aryl methyl sites for hydroxylation is 2. The molecule has 1 heterocycles. The lowest BCUT2D eigenvalue weighted by molar-refractivity contribution is 0.234. The number of rotatable bonds is 4. The molecule has 0 bridgehead atoms. The first-order chi connectivity index (χ1) is 8.60. The van der Waals surface area contributed by atoms with Crippen LogP contribution in [0.5, 0.6) is 0 Å². The van der Waals surface area contributed by atoms with E-state index in [2.05, 4.69) is 50.8 Å². The number of fused-ring (bicyclic) bond motifs is 1. The Kier molecular flexibility index (Phi) is 5.45. The summed E-state index contributed by atoms with van der Waals surface area (Å²) in [6.07, 6.45) is 0. The standard InChI is InChI=1S/C16H23NO.ClH/c1-6-17(7-2)12(4)15-10-8-9-14-11(3)13(5)18-16(14)15;/h8-10,12H,6-7H2,1-5H3;1H. The molecule has 0 saturated carbocycles. The molecule has 1 aromatic heterocycles. The van der Waals surface area contributed by atoms with Gasteiger partial charge in [0.2, 0.25) is 0 Å². The Hall–Kier alpha value is -0.990. The van der Waals surface area contributed by atoms with Crippen molar-refractivity contribution in [2.45, 2.75) is 40.7 Å². The second-order valence-corrected chi connectivity index (χ2v) is 4.90. The molecule has 19 heavy (non-hydrogen) atoms. The Bertz CT molecular complexity index is 543. The fourth-order valence-electron chi connectivity index (χ4n) is 2.68. The summed E-state index contributed by atoms with van der Waals surface area (Å²) >= 11 is 0. The maximum absolute atomic E-state index is 5.96. The van der Waals surface area contributed by atoms with E-state index in [4.69, 9.17) is 4.42 Å². The summed E-state index contributed by atoms with van der Waals surface area (Å²) in [6.45, 7) is 13.0. The highest BCUT2D eigenvalue weighted by atomic mass is 35.5. The van der Waals surface area contributed by atoms with Crippen molar-refractivity contribution in [2.24, 2.45) is 0 Å². The van der Waals surface area contributed by atoms with E-state index in [0.717, 1.165) is 24.4 Å². The normalized spacial score (nSPS) is 12.7. The zero-order valence-electron chi connectivity index (χ0n) is 12.5. The van der Waals surface area contributed by atoms with Crippen LogP contribution in [0.4, 0.5) is 0 Å². The first-order valence-electron chi connectivity index (χ1n) is 6.82. The van der Waals surface area contributed by atoms with Crippen LogP contribution in [0.2, 0.25) is 0 Å². The van der Waals surface area contributed by atoms with Gasteiger partial charge in [0.15, 0.2) is 0 Å². The van der Waals surface area contributed by atoms with Crippen molar-refractivity contribution in [1.82, 2.24) is 4.90 Å². The number of furan rings is 1. The second-order valence-electron chi connectivity index (χ2n) is 4.90. The third-order valence-electron chi connectivity index (χ3n) is 4.04. The smallest absolute Gasteiger partial charge is 0.139 e. The van der Waals surface area contributed by atoms with Gasteiger partial charge in [-0.15, -0.1) is 12.4 Å². The number of halogens is 1. The van der Waals surface area contributed by atoms with Gasteiger partial charge >= 0.3 is 0 Å². The van der Waals surface area contributed by atoms with Crippen LogP contribution in [-0.4, -0.2) is 18.0 Å². The van der Waals surface area contributed by atoms with Gasteiger partial charge in [0.05, 0.1) is 0 Å². The van der Waals surface area contributed by atoms with E-state index in [1.807, 2.05) is 6.92 Å². The summed E-state index contributed by atoms with van der Waals surface area (Å²) in [5, 5.41) is 1.25. The average Bonchev–Trinajstić information content (AvgIpc) is 2.67. The molecule has 2 rings (SSSR count). The summed E-state index contributed by atoms with van der Waals surface area (Å²) in [4.78, 5) is 2.45. The predicted molar refractivity (Wildman–Crippen MR) is 84.3 cm³/mol. The zero-order chi connectivity index (χ0) is 13.3. The minimum absolute atomic E-state index is 0. The lowest BCUT2D eigenvalue weighted by Gasteiger charge is -2.26. The van der Waals surface area contributed by atoms with Gasteiger partial charge < -0.3 is 4.42 Å². The number of para-hydroxylation sites is 1. The highest BCUT2D eigenvalue weighted by Crippen LogP contribution is 2.32. The third-order valence-corrected chi connectivity index (χ3v) is 4.04. The minimum atomic E-state index is 0. The van der Waals surface area contributed by atoms with Crippen LogP contribution in [0.25, 0.3) is 11.0 Å². The van der Waals surface area contributed by atoms with Crippen molar-refractivity contribution in [3.05, 3.63) is 35.1 Å². The molecule has 0 aliphatic heterocycles. The van der Waals surface area contributed by atoms with E-state index in [-0.39, 0.29) is 12.4 Å². The Balaban J connectivity index is 0.00000180. The van der Waals surface area contributed by atoms with Crippen LogP contribution in [0.15, 0.2) is 22.6 Å². The maximum Gasteiger partial charge on any atom is 0.139 e. The quantitative estimate of drug-likeness (QED) is 0.794. The molecule has 0 radical (unpaired) electrons. The Labute approximate surface area is 122 Å². The second kappa shape index (κ2) is 6.44. The monoisotopic (exact) mass is 281 g/mol. The van der Waals surface area contributed by atoms with E-state index in [1.165, 1.54) is 16.5 Å². The molecule has 0 amide bonds. The maximum atomic E-state index is 5.96. The Morgan fingerprint density at radius 1 is 1.16 bits per heavy atom. The Morgan fingerprint density at radius 3 is 2.37 bits per heavy atom. The van der Waals surface area contributed by atoms with Crippen LogP contribution < -0.4 is 0 Å². The number of hydrogen-bond acceptors (Lipinski definition) is 2. The summed E-state index contributed by atoms with van der Waals surface area (Å²) in [7, 11) is 0. The first-order valence-corrected chi connectivity index (χ1v) is 6.82. The highest BCUT2D eigenvalue weighted by Gasteiger charge is 2.18. The molecule has 0 aliphatic rings. The van der Waals surface area contributed by atoms with Gasteiger partial charge in [-0.1, -0.05) is 32.0 Å². The van der Waals surface area contributed by atoms with Crippen LogP contribution in [-0.2, 0) is 0 Å². The summed E-state index contributed by atoms with van der Waals surface area (Å²) < 4.78 is 5.96. The molecule has 0 aliphatic carbocycles. The largest absolute Gasteiger partial charge is 0.461 e. The van der Waals surface area contributed by atoms with Gasteiger partial charge in [0.1, 0.15) is 11.3 Å². The molecule has 2 nitrogen and oxygen atoms in total. The lowest BCUT2D eigenvalue weighted by Crippen LogP contribution is -2.26. The van der Waals surface area contributed by atoms with Crippen LogP contribution in [0, 0.1) is 13.8 Å². The van der Waals surface area contributed by atoms with E-state index in [0.29, 0.717) is 6.04 Å². The van der Waals surface area contributed by atoms with E-state index in [1.54, 1.807) is 0 Å². The van der Waals surface area contributed by atoms with Crippen molar-refractivity contribution in [3.63, 3.8) is 0 Å². The van der Waals surface area contributed by atoms with Crippen LogP contribution >= 0.6 is 12.4 Å². The van der Waals surface area contributed by atoms with Crippen LogP contribution in [0.1, 0.15) is 43.7 Å². The molecule has 1 aromatic carbocycles. The molecular weight excluding hydrogens is 258 g/mol. The number of nitrogens with zero attached hydrogens (tertiary/aromatic N) is 1. The van der Waals surface area contributed by atoms with Crippen molar-refractivity contribution in [2.75, 3.05) is 13.1 Å². The SMILES string of the molecule is CCN(CC)C(C)c1cccc2c(C)c(C)oc12.Cl. The number of benzene rings is 1. The van der Waals surface area contributed by atoms with Gasteiger partial charge in [-0.2, -0.15) is 0 Å². The van der Waals surface area contributed by atoms with Crippen molar-refractivity contribution >= 4 is 23.4 Å². The Morgan fingerprint density at radius 2 is 1.79 bits per heavy atom. The fraction of sp³-hybridized carbons (Fsp3) is 0.500. The molecule has 1 unspecified atom stereocenters. The topological polar surface area (TPSA) is 16.4 Å². The molecule has 0 fully saturated rings. The van der Waals surface area contributed by atoms with E-state index < -0.39 is 0 Å². The van der Waals surface area contributed by atoms with Crippen molar-refractivity contribution in [1.29, 1.82) is 0 Å². The molecule has 0 saturated heterocycles. The van der Waals surface area contributed by atoms with Gasteiger partial charge in [0.25, 0.3) is 0 Å².